The molecule has 2 aliphatic rings. The molecular weight excluding hydrogens is 500 g/mol. The van der Waals surface area contributed by atoms with Crippen molar-refractivity contribution in [3.63, 3.8) is 0 Å². The number of fused-ring (bicyclic) bond motifs is 1. The lowest BCUT2D eigenvalue weighted by Crippen LogP contribution is -2.31. The maximum Gasteiger partial charge on any atom is 0.338 e. The Balaban J connectivity index is 1.41. The molecule has 178 valence electrons. The summed E-state index contributed by atoms with van der Waals surface area (Å²) in [7, 11) is 0. The second kappa shape index (κ2) is 10.1. The van der Waals surface area contributed by atoms with Crippen LogP contribution in [-0.2, 0) is 25.5 Å². The highest BCUT2D eigenvalue weighted by Crippen LogP contribution is 2.42. The van der Waals surface area contributed by atoms with Crippen molar-refractivity contribution in [2.75, 3.05) is 16.8 Å². The van der Waals surface area contributed by atoms with E-state index in [1.807, 2.05) is 19.1 Å². The Kier molecular flexibility index (Phi) is 7.16. The first-order valence-electron chi connectivity index (χ1n) is 11.5. The molecule has 7 nitrogen and oxygen atoms in total. The van der Waals surface area contributed by atoms with Crippen LogP contribution in [-0.4, -0.2) is 30.3 Å². The molecular formula is C26H27BrN2O5. The summed E-state index contributed by atoms with van der Waals surface area (Å²) in [6.45, 7) is 3.63. The van der Waals surface area contributed by atoms with E-state index < -0.39 is 18.5 Å². The van der Waals surface area contributed by atoms with Gasteiger partial charge in [0.25, 0.3) is 5.91 Å². The van der Waals surface area contributed by atoms with E-state index in [2.05, 4.69) is 28.2 Å². The van der Waals surface area contributed by atoms with Gasteiger partial charge in [-0.2, -0.15) is 0 Å². The van der Waals surface area contributed by atoms with E-state index in [1.54, 1.807) is 18.2 Å². The first-order chi connectivity index (χ1) is 16.3. The quantitative estimate of drug-likeness (QED) is 0.433. The molecule has 3 amide bonds. The predicted molar refractivity (Wildman–Crippen MR) is 131 cm³/mol. The number of rotatable bonds is 6. The Morgan fingerprint density at radius 2 is 1.85 bits per heavy atom. The lowest BCUT2D eigenvalue weighted by atomic mass is 9.76. The fraction of sp³-hybridized carbons (Fsp3) is 0.385. The third-order valence-electron chi connectivity index (χ3n) is 6.58. The van der Waals surface area contributed by atoms with Crippen LogP contribution in [0.5, 0.6) is 0 Å². The van der Waals surface area contributed by atoms with Crippen LogP contribution < -0.4 is 10.2 Å². The number of imide groups is 1. The number of ether oxygens (including phenoxy) is 1. The van der Waals surface area contributed by atoms with E-state index in [9.17, 15) is 19.2 Å². The highest BCUT2D eigenvalue weighted by Gasteiger charge is 2.50. The number of hydrogen-bond donors (Lipinski definition) is 1. The highest BCUT2D eigenvalue weighted by atomic mass is 79.9. The van der Waals surface area contributed by atoms with Crippen molar-refractivity contribution in [2.45, 2.75) is 39.5 Å². The molecule has 8 heteroatoms. The smallest absolute Gasteiger partial charge is 0.338 e. The summed E-state index contributed by atoms with van der Waals surface area (Å²) in [5.41, 5.74) is 2.15. The number of nitrogens with one attached hydrogen (secondary N) is 1. The molecule has 0 aromatic heterocycles. The van der Waals surface area contributed by atoms with Crippen LogP contribution in [0.25, 0.3) is 0 Å². The summed E-state index contributed by atoms with van der Waals surface area (Å²) in [4.78, 5) is 52.0. The highest BCUT2D eigenvalue weighted by molar-refractivity contribution is 9.10. The van der Waals surface area contributed by atoms with Gasteiger partial charge in [-0.05, 0) is 73.6 Å². The summed E-state index contributed by atoms with van der Waals surface area (Å²) >= 11 is 3.41. The minimum Gasteiger partial charge on any atom is -0.452 e. The standard InChI is InChI=1S/C26H27BrN2O5/c1-3-16-12-18(27)8-10-22(16)28-23(30)14-34-26(33)17-5-4-6-19(13-17)29-24(31)20-9-7-15(2)11-21(20)25(29)32/h4-6,8,10,12-13,15,20-21H,3,7,9,11,14H2,1-2H3,(H,28,30)/t15-,20-,21+/m1/s1. The molecule has 0 unspecified atom stereocenters. The molecule has 1 aliphatic carbocycles. The summed E-state index contributed by atoms with van der Waals surface area (Å²) in [5, 5.41) is 2.76. The van der Waals surface area contributed by atoms with Crippen LogP contribution in [0.15, 0.2) is 46.9 Å². The zero-order valence-electron chi connectivity index (χ0n) is 19.2. The molecule has 0 spiro atoms. The number of aryl methyl sites for hydroxylation is 1. The van der Waals surface area contributed by atoms with Gasteiger partial charge >= 0.3 is 5.97 Å². The van der Waals surface area contributed by atoms with Gasteiger partial charge in [0, 0.05) is 10.2 Å². The number of benzene rings is 2. The predicted octanol–water partition coefficient (Wildman–Crippen LogP) is 4.73. The second-order valence-corrected chi connectivity index (χ2v) is 9.89. The summed E-state index contributed by atoms with van der Waals surface area (Å²) in [6.07, 6.45) is 3.08. The number of carbonyl (C=O) groups is 4. The maximum absolute atomic E-state index is 13.0. The molecule has 1 aliphatic heterocycles. The lowest BCUT2D eigenvalue weighted by molar-refractivity contribution is -0.122. The Labute approximate surface area is 207 Å². The van der Waals surface area contributed by atoms with Crippen molar-refractivity contribution < 1.29 is 23.9 Å². The first-order valence-corrected chi connectivity index (χ1v) is 12.3. The Hall–Kier alpha value is -3.00. The average Bonchev–Trinajstić information content (AvgIpc) is 3.07. The Morgan fingerprint density at radius 3 is 2.62 bits per heavy atom. The molecule has 1 heterocycles. The van der Waals surface area contributed by atoms with Gasteiger partial charge in [-0.3, -0.25) is 19.3 Å². The largest absolute Gasteiger partial charge is 0.452 e. The third kappa shape index (κ3) is 4.92. The van der Waals surface area contributed by atoms with Crippen LogP contribution in [0.2, 0.25) is 0 Å². The maximum atomic E-state index is 13.0. The van der Waals surface area contributed by atoms with Crippen molar-refractivity contribution in [1.82, 2.24) is 0 Å². The van der Waals surface area contributed by atoms with Crippen molar-refractivity contribution in [3.05, 3.63) is 58.1 Å². The topological polar surface area (TPSA) is 92.8 Å². The minimum absolute atomic E-state index is 0.173. The molecule has 1 N–H and O–H groups in total. The van der Waals surface area contributed by atoms with Gasteiger partial charge in [0.15, 0.2) is 6.61 Å². The van der Waals surface area contributed by atoms with Crippen LogP contribution >= 0.6 is 15.9 Å². The van der Waals surface area contributed by atoms with E-state index in [0.29, 0.717) is 30.1 Å². The fourth-order valence-corrected chi connectivity index (χ4v) is 5.20. The second-order valence-electron chi connectivity index (χ2n) is 8.97. The zero-order valence-corrected chi connectivity index (χ0v) is 20.8. The lowest BCUT2D eigenvalue weighted by Gasteiger charge is -2.25. The molecule has 34 heavy (non-hydrogen) atoms. The summed E-state index contributed by atoms with van der Waals surface area (Å²) in [6, 6.07) is 11.8. The van der Waals surface area contributed by atoms with Crippen LogP contribution in [0, 0.1) is 17.8 Å². The van der Waals surface area contributed by atoms with E-state index in [1.165, 1.54) is 17.0 Å². The van der Waals surface area contributed by atoms with Gasteiger partial charge < -0.3 is 10.1 Å². The number of hydrogen-bond acceptors (Lipinski definition) is 5. The third-order valence-corrected chi connectivity index (χ3v) is 7.08. The van der Waals surface area contributed by atoms with Crippen LogP contribution in [0.3, 0.4) is 0 Å². The number of esters is 1. The Morgan fingerprint density at radius 1 is 1.09 bits per heavy atom. The molecule has 0 radical (unpaired) electrons. The molecule has 2 fully saturated rings. The zero-order chi connectivity index (χ0) is 24.4. The van der Waals surface area contributed by atoms with E-state index in [-0.39, 0.29) is 29.2 Å². The summed E-state index contributed by atoms with van der Waals surface area (Å²) in [5.74, 6) is -1.72. The first kappa shape index (κ1) is 24.1. The number of halogens is 1. The van der Waals surface area contributed by atoms with Gasteiger partial charge in [0.05, 0.1) is 23.1 Å². The van der Waals surface area contributed by atoms with Gasteiger partial charge in [-0.1, -0.05) is 35.8 Å². The van der Waals surface area contributed by atoms with E-state index >= 15 is 0 Å². The monoisotopic (exact) mass is 526 g/mol. The molecule has 3 atom stereocenters. The Bertz CT molecular complexity index is 1150. The number of amides is 3. The van der Waals surface area contributed by atoms with Crippen molar-refractivity contribution >= 4 is 51.0 Å². The van der Waals surface area contributed by atoms with Crippen molar-refractivity contribution in [1.29, 1.82) is 0 Å². The number of anilines is 2. The van der Waals surface area contributed by atoms with Gasteiger partial charge in [0.1, 0.15) is 0 Å². The van der Waals surface area contributed by atoms with Crippen LogP contribution in [0.4, 0.5) is 11.4 Å². The van der Waals surface area contributed by atoms with Crippen molar-refractivity contribution in [3.8, 4) is 0 Å². The van der Waals surface area contributed by atoms with Crippen molar-refractivity contribution in [2.24, 2.45) is 17.8 Å². The van der Waals surface area contributed by atoms with Gasteiger partial charge in [-0.15, -0.1) is 0 Å². The molecule has 4 rings (SSSR count). The molecule has 1 saturated heterocycles. The van der Waals surface area contributed by atoms with E-state index in [0.717, 1.165) is 22.9 Å². The number of carbonyl (C=O) groups excluding carboxylic acids is 4. The van der Waals surface area contributed by atoms with Gasteiger partial charge in [-0.25, -0.2) is 4.79 Å². The fourth-order valence-electron chi connectivity index (χ4n) is 4.79. The SMILES string of the molecule is CCc1cc(Br)ccc1NC(=O)COC(=O)c1cccc(N2C(=O)[C@H]3C[C@H](C)CC[C@H]3C2=O)c1. The normalized spacial score (nSPS) is 21.9. The number of nitrogens with zero attached hydrogens (tertiary/aromatic N) is 1. The van der Waals surface area contributed by atoms with E-state index in [4.69, 9.17) is 4.74 Å². The molecule has 0 bridgehead atoms. The van der Waals surface area contributed by atoms with Crippen LogP contribution in [0.1, 0.15) is 49.0 Å². The van der Waals surface area contributed by atoms with Gasteiger partial charge in [0.2, 0.25) is 11.8 Å². The molecule has 2 aromatic rings. The molecule has 2 aromatic carbocycles. The minimum atomic E-state index is -0.700. The molecule has 1 saturated carbocycles. The summed E-state index contributed by atoms with van der Waals surface area (Å²) < 4.78 is 6.10. The average molecular weight is 527 g/mol.